The number of carbonyl (C=O) groups is 1. The first-order valence-electron chi connectivity index (χ1n) is 10.5. The normalized spacial score (nSPS) is 20.9. The number of thiophene rings is 1. The van der Waals surface area contributed by atoms with Crippen molar-refractivity contribution in [2.75, 3.05) is 32.7 Å². The van der Waals surface area contributed by atoms with E-state index in [1.54, 1.807) is 34.7 Å². The molecule has 12 heteroatoms. The summed E-state index contributed by atoms with van der Waals surface area (Å²) in [5.74, 6) is -0.112. The first-order chi connectivity index (χ1) is 15.4. The van der Waals surface area contributed by atoms with E-state index in [4.69, 9.17) is 0 Å². The monoisotopic (exact) mass is 493 g/mol. The fourth-order valence-electron chi connectivity index (χ4n) is 4.34. The summed E-state index contributed by atoms with van der Waals surface area (Å²) in [5, 5.41) is 3.57. The number of aromatic nitrogens is 2. The van der Waals surface area contributed by atoms with Gasteiger partial charge in [-0.1, -0.05) is 6.07 Å². The summed E-state index contributed by atoms with van der Waals surface area (Å²) in [5.41, 5.74) is 0.634. The number of sulfonamides is 1. The molecule has 32 heavy (non-hydrogen) atoms. The third kappa shape index (κ3) is 4.01. The van der Waals surface area contributed by atoms with E-state index < -0.39 is 16.1 Å². The van der Waals surface area contributed by atoms with Crippen LogP contribution in [0.3, 0.4) is 0 Å². The third-order valence-corrected chi connectivity index (χ3v) is 10.0. The number of carbonyl (C=O) groups excluding carboxylic acids is 1. The number of hydrogen-bond acceptors (Lipinski definition) is 8. The van der Waals surface area contributed by atoms with E-state index in [-0.39, 0.29) is 15.7 Å². The summed E-state index contributed by atoms with van der Waals surface area (Å²) in [6.07, 6.45) is 2.96. The van der Waals surface area contributed by atoms with E-state index in [2.05, 4.69) is 9.88 Å². The van der Waals surface area contributed by atoms with Crippen LogP contribution < -0.4 is 5.56 Å². The molecule has 3 aromatic rings. The number of amides is 1. The molecule has 1 unspecified atom stereocenters. The molecule has 2 aliphatic rings. The quantitative estimate of drug-likeness (QED) is 0.532. The first kappa shape index (κ1) is 21.7. The Morgan fingerprint density at radius 3 is 2.69 bits per heavy atom. The van der Waals surface area contributed by atoms with Gasteiger partial charge in [0.2, 0.25) is 5.91 Å². The summed E-state index contributed by atoms with van der Waals surface area (Å²) < 4.78 is 29.1. The maximum absolute atomic E-state index is 13.2. The molecule has 1 atom stereocenters. The molecule has 5 heterocycles. The van der Waals surface area contributed by atoms with Gasteiger partial charge in [0.25, 0.3) is 15.6 Å². The molecule has 0 saturated carbocycles. The summed E-state index contributed by atoms with van der Waals surface area (Å²) >= 11 is 2.60. The van der Waals surface area contributed by atoms with Crippen LogP contribution >= 0.6 is 22.7 Å². The van der Waals surface area contributed by atoms with Crippen molar-refractivity contribution in [1.29, 1.82) is 0 Å². The predicted molar refractivity (Wildman–Crippen MR) is 122 cm³/mol. The second-order valence-corrected chi connectivity index (χ2v) is 11.9. The Bertz CT molecular complexity index is 1280. The van der Waals surface area contributed by atoms with Crippen molar-refractivity contribution in [3.63, 3.8) is 0 Å². The zero-order valence-corrected chi connectivity index (χ0v) is 19.7. The molecule has 1 amide bonds. The van der Waals surface area contributed by atoms with Crippen molar-refractivity contribution in [3.05, 3.63) is 51.2 Å². The second kappa shape index (κ2) is 8.67. The molecule has 0 bridgehead atoms. The highest BCUT2D eigenvalue weighted by Gasteiger charge is 2.42. The number of piperazine rings is 1. The van der Waals surface area contributed by atoms with Gasteiger partial charge in [0.15, 0.2) is 4.96 Å². The van der Waals surface area contributed by atoms with Crippen molar-refractivity contribution < 1.29 is 13.2 Å². The molecule has 9 nitrogen and oxygen atoms in total. The summed E-state index contributed by atoms with van der Waals surface area (Å²) in [6.45, 7) is 3.30. The highest BCUT2D eigenvalue weighted by molar-refractivity contribution is 7.91. The van der Waals surface area contributed by atoms with Crippen LogP contribution in [-0.2, 0) is 21.4 Å². The second-order valence-electron chi connectivity index (χ2n) is 7.95. The zero-order chi connectivity index (χ0) is 22.3. The largest absolute Gasteiger partial charge is 0.339 e. The van der Waals surface area contributed by atoms with Crippen molar-refractivity contribution >= 4 is 43.6 Å². The lowest BCUT2D eigenvalue weighted by Gasteiger charge is -2.36. The number of nitrogens with zero attached hydrogens (tertiary/aromatic N) is 5. The van der Waals surface area contributed by atoms with Gasteiger partial charge < -0.3 is 4.90 Å². The minimum atomic E-state index is -3.64. The average molecular weight is 494 g/mol. The van der Waals surface area contributed by atoms with Crippen molar-refractivity contribution in [3.8, 4) is 0 Å². The molecule has 2 aliphatic heterocycles. The standard InChI is InChI=1S/C20H23N5O4S3/c26-17-13-15(21-20-24(17)10-12-31-20)14-22-6-8-23(9-7-22)19(27)16-3-1-5-25(16)32(28,29)18-4-2-11-30-18/h2,4,10-13,16H,1,3,5-9,14H2. The molecule has 2 fully saturated rings. The van der Waals surface area contributed by atoms with E-state index in [0.717, 1.165) is 5.69 Å². The van der Waals surface area contributed by atoms with Gasteiger partial charge in [-0.05, 0) is 24.3 Å². The molecular weight excluding hydrogens is 470 g/mol. The lowest BCUT2D eigenvalue weighted by atomic mass is 10.2. The summed E-state index contributed by atoms with van der Waals surface area (Å²) in [4.78, 5) is 34.6. The third-order valence-electron chi connectivity index (χ3n) is 5.97. The van der Waals surface area contributed by atoms with Crippen LogP contribution in [0.2, 0.25) is 0 Å². The van der Waals surface area contributed by atoms with Gasteiger partial charge in [0.1, 0.15) is 10.3 Å². The van der Waals surface area contributed by atoms with Crippen LogP contribution in [0, 0.1) is 0 Å². The molecule has 2 saturated heterocycles. The first-order valence-corrected chi connectivity index (χ1v) is 13.7. The highest BCUT2D eigenvalue weighted by Crippen LogP contribution is 2.29. The number of fused-ring (bicyclic) bond motifs is 1. The Hall–Kier alpha value is -2.12. The van der Waals surface area contributed by atoms with Crippen molar-refractivity contribution in [1.82, 2.24) is 23.5 Å². The minimum Gasteiger partial charge on any atom is -0.339 e. The topological polar surface area (TPSA) is 95.3 Å². The summed E-state index contributed by atoms with van der Waals surface area (Å²) in [7, 11) is -3.64. The Kier molecular flexibility index (Phi) is 5.88. The predicted octanol–water partition coefficient (Wildman–Crippen LogP) is 1.31. The molecule has 0 aliphatic carbocycles. The van der Waals surface area contributed by atoms with Crippen LogP contribution in [0.5, 0.6) is 0 Å². The number of hydrogen-bond donors (Lipinski definition) is 0. The summed E-state index contributed by atoms with van der Waals surface area (Å²) in [6, 6.07) is 4.23. The Labute approximate surface area is 193 Å². The van der Waals surface area contributed by atoms with Gasteiger partial charge in [-0.25, -0.2) is 13.4 Å². The zero-order valence-electron chi connectivity index (χ0n) is 17.3. The highest BCUT2D eigenvalue weighted by atomic mass is 32.2. The number of thiazole rings is 1. The van der Waals surface area contributed by atoms with Gasteiger partial charge in [-0.3, -0.25) is 18.9 Å². The van der Waals surface area contributed by atoms with E-state index >= 15 is 0 Å². The molecule has 170 valence electrons. The maximum atomic E-state index is 13.2. The lowest BCUT2D eigenvalue weighted by molar-refractivity contribution is -0.136. The average Bonchev–Trinajstić information content (AvgIpc) is 3.55. The minimum absolute atomic E-state index is 0.0895. The van der Waals surface area contributed by atoms with Crippen LogP contribution in [0.1, 0.15) is 18.5 Å². The van der Waals surface area contributed by atoms with Crippen molar-refractivity contribution in [2.45, 2.75) is 29.6 Å². The van der Waals surface area contributed by atoms with Gasteiger partial charge >= 0.3 is 0 Å². The molecule has 0 spiro atoms. The van der Waals surface area contributed by atoms with Crippen LogP contribution in [0.25, 0.3) is 4.96 Å². The molecule has 3 aromatic heterocycles. The molecule has 0 radical (unpaired) electrons. The smallest absolute Gasteiger partial charge is 0.258 e. The fourth-order valence-corrected chi connectivity index (χ4v) is 7.84. The van der Waals surface area contributed by atoms with E-state index in [0.29, 0.717) is 57.1 Å². The number of rotatable bonds is 5. The van der Waals surface area contributed by atoms with E-state index in [1.807, 2.05) is 5.38 Å². The lowest BCUT2D eigenvalue weighted by Crippen LogP contribution is -2.54. The molecule has 0 aromatic carbocycles. The van der Waals surface area contributed by atoms with Crippen LogP contribution in [0.4, 0.5) is 0 Å². The molecular formula is C20H23N5O4S3. The van der Waals surface area contributed by atoms with Gasteiger partial charge in [-0.15, -0.1) is 22.7 Å². The van der Waals surface area contributed by atoms with E-state index in [9.17, 15) is 18.0 Å². The van der Waals surface area contributed by atoms with Crippen LogP contribution in [0.15, 0.2) is 44.2 Å². The maximum Gasteiger partial charge on any atom is 0.258 e. The van der Waals surface area contributed by atoms with Gasteiger partial charge in [-0.2, -0.15) is 4.31 Å². The Balaban J connectivity index is 1.23. The fraction of sp³-hybridized carbons (Fsp3) is 0.450. The van der Waals surface area contributed by atoms with Crippen LogP contribution in [-0.4, -0.2) is 76.6 Å². The Morgan fingerprint density at radius 1 is 1.12 bits per heavy atom. The van der Waals surface area contributed by atoms with Crippen molar-refractivity contribution in [2.24, 2.45) is 0 Å². The van der Waals surface area contributed by atoms with Gasteiger partial charge in [0.05, 0.1) is 5.69 Å². The molecule has 0 N–H and O–H groups in total. The van der Waals surface area contributed by atoms with E-state index in [1.165, 1.54) is 31.4 Å². The SMILES string of the molecule is O=C(C1CCCN1S(=O)(=O)c1cccs1)N1CCN(Cc2cc(=O)n3ccsc3n2)CC1. The van der Waals surface area contributed by atoms with Gasteiger partial charge in [0, 0.05) is 56.9 Å². The molecule has 5 rings (SSSR count). The Morgan fingerprint density at radius 2 is 1.94 bits per heavy atom.